The quantitative estimate of drug-likeness (QED) is 0.622. The van der Waals surface area contributed by atoms with E-state index in [4.69, 9.17) is 9.73 Å². The molecular weight excluding hydrogens is 350 g/mol. The summed E-state index contributed by atoms with van der Waals surface area (Å²) in [6, 6.07) is 0.507. The Balaban J connectivity index is 1.43. The minimum atomic E-state index is 0.325. The van der Waals surface area contributed by atoms with Gasteiger partial charge in [0.05, 0.1) is 12.3 Å². The number of hydrogen-bond donors (Lipinski definition) is 1. The second kappa shape index (κ2) is 8.44. The number of guanidine groups is 1. The van der Waals surface area contributed by atoms with Gasteiger partial charge in [-0.3, -0.25) is 9.67 Å². The van der Waals surface area contributed by atoms with Crippen LogP contribution in [0.1, 0.15) is 70.3 Å². The number of aliphatic imine (C=N–C) groups is 1. The molecule has 0 aromatic carbocycles. The van der Waals surface area contributed by atoms with Gasteiger partial charge in [-0.1, -0.05) is 19.3 Å². The normalized spacial score (nSPS) is 29.9. The van der Waals surface area contributed by atoms with E-state index in [0.717, 1.165) is 38.6 Å². The summed E-state index contributed by atoms with van der Waals surface area (Å²) >= 11 is 0. The van der Waals surface area contributed by atoms with E-state index in [-0.39, 0.29) is 0 Å². The minimum absolute atomic E-state index is 0.325. The molecule has 4 rings (SSSR count). The summed E-state index contributed by atoms with van der Waals surface area (Å²) in [5.41, 5.74) is 1.68. The van der Waals surface area contributed by atoms with E-state index in [9.17, 15) is 0 Å². The zero-order chi connectivity index (χ0) is 19.6. The number of hydrogen-bond acceptors (Lipinski definition) is 3. The number of aromatic nitrogens is 2. The molecule has 156 valence electrons. The van der Waals surface area contributed by atoms with Crippen LogP contribution in [-0.4, -0.2) is 59.0 Å². The van der Waals surface area contributed by atoms with Crippen molar-refractivity contribution in [3.05, 3.63) is 18.0 Å². The Bertz CT molecular complexity index is 678. The standard InChI is InChI=1S/C22H37N5O/c1-4-23-21(27-12-9-17(16-27)18-14-24-26(3)15-18)25-19-13-20(28-5-2)22(19)10-7-6-8-11-22/h14-15,17,19-20H,4-13,16H2,1-3H3,(H,23,25). The molecule has 28 heavy (non-hydrogen) atoms. The highest BCUT2D eigenvalue weighted by atomic mass is 16.5. The molecule has 0 bridgehead atoms. The van der Waals surface area contributed by atoms with Crippen LogP contribution in [0, 0.1) is 5.41 Å². The Morgan fingerprint density at radius 3 is 2.82 bits per heavy atom. The molecule has 6 heteroatoms. The molecule has 6 nitrogen and oxygen atoms in total. The van der Waals surface area contributed by atoms with Gasteiger partial charge in [0.15, 0.2) is 5.96 Å². The van der Waals surface area contributed by atoms with E-state index < -0.39 is 0 Å². The smallest absolute Gasteiger partial charge is 0.194 e. The van der Waals surface area contributed by atoms with Crippen LogP contribution in [0.4, 0.5) is 0 Å². The number of likely N-dealkylation sites (tertiary alicyclic amines) is 1. The Morgan fingerprint density at radius 2 is 2.14 bits per heavy atom. The summed E-state index contributed by atoms with van der Waals surface area (Å²) < 4.78 is 8.05. The van der Waals surface area contributed by atoms with Crippen molar-refractivity contribution in [2.24, 2.45) is 17.5 Å². The van der Waals surface area contributed by atoms with Gasteiger partial charge in [0, 0.05) is 56.9 Å². The zero-order valence-electron chi connectivity index (χ0n) is 17.9. The molecule has 1 aliphatic heterocycles. The molecule has 2 aliphatic carbocycles. The predicted molar refractivity (Wildman–Crippen MR) is 113 cm³/mol. The van der Waals surface area contributed by atoms with Crippen LogP contribution in [0.25, 0.3) is 0 Å². The van der Waals surface area contributed by atoms with Gasteiger partial charge in [-0.25, -0.2) is 0 Å². The molecular formula is C22H37N5O. The molecule has 0 radical (unpaired) electrons. The van der Waals surface area contributed by atoms with Gasteiger partial charge in [-0.05, 0) is 45.1 Å². The van der Waals surface area contributed by atoms with Gasteiger partial charge in [-0.2, -0.15) is 5.10 Å². The highest BCUT2D eigenvalue weighted by Gasteiger charge is 2.56. The zero-order valence-corrected chi connectivity index (χ0v) is 17.9. The lowest BCUT2D eigenvalue weighted by Crippen LogP contribution is -2.66. The molecule has 2 saturated carbocycles. The highest BCUT2D eigenvalue weighted by Crippen LogP contribution is 2.53. The second-order valence-corrected chi connectivity index (χ2v) is 8.85. The maximum atomic E-state index is 6.14. The van der Waals surface area contributed by atoms with E-state index in [0.29, 0.717) is 23.5 Å². The Hall–Kier alpha value is -1.56. The average Bonchev–Trinajstić information content (AvgIpc) is 3.36. The molecule has 0 amide bonds. The third-order valence-corrected chi connectivity index (χ3v) is 7.23. The van der Waals surface area contributed by atoms with E-state index in [1.807, 2.05) is 17.9 Å². The maximum absolute atomic E-state index is 6.14. The van der Waals surface area contributed by atoms with Gasteiger partial charge >= 0.3 is 0 Å². The van der Waals surface area contributed by atoms with Crippen LogP contribution in [0.15, 0.2) is 17.4 Å². The van der Waals surface area contributed by atoms with Gasteiger partial charge in [0.1, 0.15) is 0 Å². The summed E-state index contributed by atoms with van der Waals surface area (Å²) in [4.78, 5) is 7.34. The van der Waals surface area contributed by atoms with Crippen LogP contribution in [-0.2, 0) is 11.8 Å². The van der Waals surface area contributed by atoms with Crippen LogP contribution in [0.3, 0.4) is 0 Å². The molecule has 1 aromatic heterocycles. The van der Waals surface area contributed by atoms with Gasteiger partial charge < -0.3 is 15.0 Å². The van der Waals surface area contributed by atoms with Crippen molar-refractivity contribution in [1.82, 2.24) is 20.0 Å². The molecule has 3 aliphatic rings. The third-order valence-electron chi connectivity index (χ3n) is 7.23. The van der Waals surface area contributed by atoms with Crippen molar-refractivity contribution in [3.63, 3.8) is 0 Å². The molecule has 3 fully saturated rings. The Kier molecular flexibility index (Phi) is 5.95. The molecule has 1 saturated heterocycles. The van der Waals surface area contributed by atoms with E-state index in [1.54, 1.807) is 0 Å². The topological polar surface area (TPSA) is 54.7 Å². The minimum Gasteiger partial charge on any atom is -0.378 e. The predicted octanol–water partition coefficient (Wildman–Crippen LogP) is 3.30. The summed E-state index contributed by atoms with van der Waals surface area (Å²) in [7, 11) is 2.00. The van der Waals surface area contributed by atoms with Crippen molar-refractivity contribution >= 4 is 5.96 Å². The third kappa shape index (κ3) is 3.68. The maximum Gasteiger partial charge on any atom is 0.194 e. The first-order valence-electron chi connectivity index (χ1n) is 11.3. The lowest BCUT2D eigenvalue weighted by molar-refractivity contribution is -0.146. The number of aryl methyl sites for hydroxylation is 1. The number of nitrogens with zero attached hydrogens (tertiary/aromatic N) is 4. The van der Waals surface area contributed by atoms with Crippen molar-refractivity contribution in [1.29, 1.82) is 0 Å². The molecule has 3 atom stereocenters. The fraction of sp³-hybridized carbons (Fsp3) is 0.818. The van der Waals surface area contributed by atoms with E-state index in [2.05, 4.69) is 35.4 Å². The van der Waals surface area contributed by atoms with Gasteiger partial charge in [0.25, 0.3) is 0 Å². The van der Waals surface area contributed by atoms with Crippen molar-refractivity contribution in [2.45, 2.75) is 76.9 Å². The molecule has 3 unspecified atom stereocenters. The first-order chi connectivity index (χ1) is 13.7. The SMILES string of the molecule is CCN=C(NC1CC(OCC)C12CCCCC2)N1CCC(c2cnn(C)c2)C1. The highest BCUT2D eigenvalue weighted by molar-refractivity contribution is 5.81. The van der Waals surface area contributed by atoms with Crippen molar-refractivity contribution in [3.8, 4) is 0 Å². The summed E-state index contributed by atoms with van der Waals surface area (Å²) in [6.07, 6.45) is 13.6. The first kappa shape index (κ1) is 19.7. The largest absolute Gasteiger partial charge is 0.378 e. The molecule has 1 N–H and O–H groups in total. The Morgan fingerprint density at radius 1 is 1.32 bits per heavy atom. The number of nitrogens with one attached hydrogen (secondary N) is 1. The van der Waals surface area contributed by atoms with Crippen LogP contribution < -0.4 is 5.32 Å². The van der Waals surface area contributed by atoms with Crippen molar-refractivity contribution in [2.75, 3.05) is 26.2 Å². The molecule has 1 aromatic rings. The second-order valence-electron chi connectivity index (χ2n) is 8.85. The van der Waals surface area contributed by atoms with Crippen molar-refractivity contribution < 1.29 is 4.74 Å². The lowest BCUT2D eigenvalue weighted by Gasteiger charge is -2.58. The summed E-state index contributed by atoms with van der Waals surface area (Å²) in [5.74, 6) is 1.66. The Labute approximate surface area is 169 Å². The lowest BCUT2D eigenvalue weighted by atomic mass is 9.55. The summed E-state index contributed by atoms with van der Waals surface area (Å²) in [5, 5.41) is 8.26. The molecule has 2 heterocycles. The van der Waals surface area contributed by atoms with E-state index in [1.165, 1.54) is 44.1 Å². The average molecular weight is 388 g/mol. The molecule has 1 spiro atoms. The van der Waals surface area contributed by atoms with E-state index >= 15 is 0 Å². The number of ether oxygens (including phenoxy) is 1. The van der Waals surface area contributed by atoms with Crippen LogP contribution in [0.2, 0.25) is 0 Å². The fourth-order valence-electron chi connectivity index (χ4n) is 5.68. The number of rotatable bonds is 5. The van der Waals surface area contributed by atoms with Gasteiger partial charge in [0.2, 0.25) is 0 Å². The summed E-state index contributed by atoms with van der Waals surface area (Å²) in [6.45, 7) is 8.02. The van der Waals surface area contributed by atoms with Crippen LogP contribution in [0.5, 0.6) is 0 Å². The fourth-order valence-corrected chi connectivity index (χ4v) is 5.68. The van der Waals surface area contributed by atoms with Gasteiger partial charge in [-0.15, -0.1) is 0 Å². The first-order valence-corrected chi connectivity index (χ1v) is 11.3. The van der Waals surface area contributed by atoms with Crippen LogP contribution >= 0.6 is 0 Å². The monoisotopic (exact) mass is 387 g/mol.